The van der Waals surface area contributed by atoms with Gasteiger partial charge in [-0.3, -0.25) is 4.79 Å². The molecule has 1 atom stereocenters. The molecule has 0 saturated heterocycles. The maximum absolute atomic E-state index is 12.7. The Morgan fingerprint density at radius 2 is 2.04 bits per heavy atom. The van der Waals surface area contributed by atoms with E-state index >= 15 is 0 Å². The zero-order valence-corrected chi connectivity index (χ0v) is 13.9. The van der Waals surface area contributed by atoms with Crippen LogP contribution in [-0.2, 0) is 24.4 Å². The quantitative estimate of drug-likeness (QED) is 0.794. The van der Waals surface area contributed by atoms with Gasteiger partial charge in [-0.2, -0.15) is 13.2 Å². The second-order valence-electron chi connectivity index (χ2n) is 5.60. The van der Waals surface area contributed by atoms with Gasteiger partial charge in [0.1, 0.15) is 0 Å². The first-order valence-corrected chi connectivity index (χ1v) is 8.27. The Morgan fingerprint density at radius 3 is 2.71 bits per heavy atom. The summed E-state index contributed by atoms with van der Waals surface area (Å²) in [5, 5.41) is 6.75. The maximum Gasteiger partial charge on any atom is 0.451 e. The molecule has 0 saturated carbocycles. The van der Waals surface area contributed by atoms with Crippen molar-refractivity contribution < 1.29 is 18.0 Å². The summed E-state index contributed by atoms with van der Waals surface area (Å²) in [4.78, 5) is 14.2. The van der Waals surface area contributed by atoms with Gasteiger partial charge in [0.2, 0.25) is 11.7 Å². The SMILES string of the molecule is CC1Cc2ccccc2N1C(=O)CSc1nnc(C(F)(F)F)n1C. The highest BCUT2D eigenvalue weighted by molar-refractivity contribution is 7.99. The summed E-state index contributed by atoms with van der Waals surface area (Å²) < 4.78 is 39.0. The average molecular weight is 356 g/mol. The summed E-state index contributed by atoms with van der Waals surface area (Å²) in [6, 6.07) is 7.67. The van der Waals surface area contributed by atoms with E-state index in [1.165, 1.54) is 7.05 Å². The molecule has 0 fully saturated rings. The van der Waals surface area contributed by atoms with Crippen molar-refractivity contribution >= 4 is 23.4 Å². The van der Waals surface area contributed by atoms with Crippen molar-refractivity contribution in [3.63, 3.8) is 0 Å². The van der Waals surface area contributed by atoms with Gasteiger partial charge in [0.15, 0.2) is 5.16 Å². The molecule has 1 aliphatic rings. The van der Waals surface area contributed by atoms with Crippen LogP contribution in [-0.4, -0.2) is 32.5 Å². The first-order chi connectivity index (χ1) is 11.3. The van der Waals surface area contributed by atoms with Gasteiger partial charge in [-0.15, -0.1) is 10.2 Å². The Kier molecular flexibility index (Phi) is 4.29. The van der Waals surface area contributed by atoms with Crippen LogP contribution in [0, 0.1) is 0 Å². The van der Waals surface area contributed by atoms with Crippen LogP contribution >= 0.6 is 11.8 Å². The second kappa shape index (κ2) is 6.12. The third-order valence-electron chi connectivity index (χ3n) is 3.89. The lowest BCUT2D eigenvalue weighted by Crippen LogP contribution is -2.37. The van der Waals surface area contributed by atoms with E-state index in [4.69, 9.17) is 0 Å². The van der Waals surface area contributed by atoms with E-state index in [0.717, 1.165) is 34.0 Å². The summed E-state index contributed by atoms with van der Waals surface area (Å²) in [6.45, 7) is 1.95. The minimum atomic E-state index is -4.56. The minimum absolute atomic E-state index is 0.00248. The van der Waals surface area contributed by atoms with Crippen molar-refractivity contribution in [1.29, 1.82) is 0 Å². The Hall–Kier alpha value is -2.03. The number of nitrogens with zero attached hydrogens (tertiary/aromatic N) is 4. The number of fused-ring (bicyclic) bond motifs is 1. The molecule has 24 heavy (non-hydrogen) atoms. The largest absolute Gasteiger partial charge is 0.451 e. The molecule has 0 aliphatic carbocycles. The van der Waals surface area contributed by atoms with Gasteiger partial charge in [-0.25, -0.2) is 0 Å². The van der Waals surface area contributed by atoms with Crippen LogP contribution in [0.3, 0.4) is 0 Å². The maximum atomic E-state index is 12.7. The molecule has 1 aromatic heterocycles. The van der Waals surface area contributed by atoms with Crippen molar-refractivity contribution in [2.45, 2.75) is 30.7 Å². The Morgan fingerprint density at radius 1 is 1.33 bits per heavy atom. The summed E-state index contributed by atoms with van der Waals surface area (Å²) >= 11 is 0.954. The number of halogens is 3. The normalized spacial score (nSPS) is 17.2. The molecule has 9 heteroatoms. The van der Waals surface area contributed by atoms with E-state index < -0.39 is 12.0 Å². The number of hydrogen-bond donors (Lipinski definition) is 0. The van der Waals surface area contributed by atoms with Crippen LogP contribution in [0.25, 0.3) is 0 Å². The van der Waals surface area contributed by atoms with E-state index in [0.29, 0.717) is 0 Å². The molecule has 1 amide bonds. The highest BCUT2D eigenvalue weighted by atomic mass is 32.2. The predicted octanol–water partition coefficient (Wildman–Crippen LogP) is 2.90. The van der Waals surface area contributed by atoms with Crippen molar-refractivity contribution in [1.82, 2.24) is 14.8 Å². The molecule has 5 nitrogen and oxygen atoms in total. The molecular weight excluding hydrogens is 341 g/mol. The molecule has 2 heterocycles. The van der Waals surface area contributed by atoms with Gasteiger partial charge in [-0.05, 0) is 25.0 Å². The van der Waals surface area contributed by atoms with Gasteiger partial charge >= 0.3 is 6.18 Å². The van der Waals surface area contributed by atoms with Crippen LogP contribution in [0.1, 0.15) is 18.3 Å². The molecular formula is C15H15F3N4OS. The zero-order chi connectivity index (χ0) is 17.5. The molecule has 3 rings (SSSR count). The number of rotatable bonds is 3. The average Bonchev–Trinajstić information content (AvgIpc) is 3.03. The fraction of sp³-hybridized carbons (Fsp3) is 0.400. The summed E-state index contributed by atoms with van der Waals surface area (Å²) in [7, 11) is 1.24. The van der Waals surface area contributed by atoms with E-state index in [-0.39, 0.29) is 22.9 Å². The molecule has 0 N–H and O–H groups in total. The van der Waals surface area contributed by atoms with Crippen LogP contribution in [0.5, 0.6) is 0 Å². The van der Waals surface area contributed by atoms with E-state index in [1.54, 1.807) is 4.90 Å². The molecule has 0 spiro atoms. The van der Waals surface area contributed by atoms with Crippen molar-refractivity contribution in [2.75, 3.05) is 10.7 Å². The molecule has 2 aromatic rings. The fourth-order valence-corrected chi connectivity index (χ4v) is 3.60. The zero-order valence-electron chi connectivity index (χ0n) is 13.0. The minimum Gasteiger partial charge on any atom is -0.308 e. The van der Waals surface area contributed by atoms with Crippen LogP contribution < -0.4 is 4.90 Å². The number of alkyl halides is 3. The third-order valence-corrected chi connectivity index (χ3v) is 4.89. The Bertz CT molecular complexity index is 774. The molecule has 1 unspecified atom stereocenters. The number of para-hydroxylation sites is 1. The fourth-order valence-electron chi connectivity index (χ4n) is 2.83. The molecule has 1 aromatic carbocycles. The first-order valence-electron chi connectivity index (χ1n) is 7.28. The smallest absolute Gasteiger partial charge is 0.308 e. The topological polar surface area (TPSA) is 51.0 Å². The van der Waals surface area contributed by atoms with Gasteiger partial charge in [0, 0.05) is 18.8 Å². The highest BCUT2D eigenvalue weighted by Crippen LogP contribution is 2.33. The van der Waals surface area contributed by atoms with Crippen LogP contribution in [0.4, 0.5) is 18.9 Å². The second-order valence-corrected chi connectivity index (χ2v) is 6.54. The number of amides is 1. The van der Waals surface area contributed by atoms with Crippen molar-refractivity contribution in [2.24, 2.45) is 7.05 Å². The standard InChI is InChI=1S/C15H15F3N4OS/c1-9-7-10-5-3-4-6-11(10)22(9)12(23)8-24-14-20-19-13(21(14)2)15(16,17)18/h3-6,9H,7-8H2,1-2H3. The van der Waals surface area contributed by atoms with Gasteiger partial charge in [0.05, 0.1) is 5.75 Å². The van der Waals surface area contributed by atoms with E-state index in [9.17, 15) is 18.0 Å². The lowest BCUT2D eigenvalue weighted by atomic mass is 10.1. The van der Waals surface area contributed by atoms with Crippen molar-refractivity contribution in [3.05, 3.63) is 35.7 Å². The third kappa shape index (κ3) is 3.00. The number of carbonyl (C=O) groups excluding carboxylic acids is 1. The van der Waals surface area contributed by atoms with E-state index in [2.05, 4.69) is 10.2 Å². The van der Waals surface area contributed by atoms with Crippen molar-refractivity contribution in [3.8, 4) is 0 Å². The van der Waals surface area contributed by atoms with Gasteiger partial charge in [0.25, 0.3) is 0 Å². The lowest BCUT2D eigenvalue weighted by Gasteiger charge is -2.22. The molecule has 0 bridgehead atoms. The van der Waals surface area contributed by atoms with Gasteiger partial charge in [-0.1, -0.05) is 30.0 Å². The lowest BCUT2D eigenvalue weighted by molar-refractivity contribution is -0.147. The Labute approximate surface area is 140 Å². The summed E-state index contributed by atoms with van der Waals surface area (Å²) in [5.41, 5.74) is 1.96. The number of hydrogen-bond acceptors (Lipinski definition) is 4. The van der Waals surface area contributed by atoms with E-state index in [1.807, 2.05) is 31.2 Å². The summed E-state index contributed by atoms with van der Waals surface area (Å²) in [5.74, 6) is -1.23. The number of benzene rings is 1. The number of thioether (sulfide) groups is 1. The monoisotopic (exact) mass is 356 g/mol. The van der Waals surface area contributed by atoms with Crippen LogP contribution in [0.2, 0.25) is 0 Å². The Balaban J connectivity index is 1.72. The molecule has 128 valence electrons. The number of aromatic nitrogens is 3. The highest BCUT2D eigenvalue weighted by Gasteiger charge is 2.38. The number of anilines is 1. The molecule has 1 aliphatic heterocycles. The first kappa shape index (κ1) is 16.8. The predicted molar refractivity (Wildman–Crippen MR) is 83.8 cm³/mol. The van der Waals surface area contributed by atoms with Gasteiger partial charge < -0.3 is 9.47 Å². The summed E-state index contributed by atoms with van der Waals surface area (Å²) in [6.07, 6.45) is -3.79. The van der Waals surface area contributed by atoms with Crippen LogP contribution in [0.15, 0.2) is 29.4 Å². The number of carbonyl (C=O) groups is 1. The molecule has 0 radical (unpaired) electrons.